The second-order valence-corrected chi connectivity index (χ2v) is 5.42. The smallest absolute Gasteiger partial charge is 0.256 e. The number of nitrogens with zero attached hydrogens (tertiary/aromatic N) is 2. The second kappa shape index (κ2) is 3.43. The molecular weight excluding hydrogens is 240 g/mol. The number of allylic oxidation sites excluding steroid dienone is 1. The standard InChI is InChI=1S/C12H13ClN2O2/c1-12(2)8-4-15(7-5-17-6-7)10(13)3-9(8)14-11(12)16/h3-4,7H,5-6H2,1-2H3. The van der Waals surface area contributed by atoms with Crippen LogP contribution in [0.1, 0.15) is 13.8 Å². The van der Waals surface area contributed by atoms with Crippen molar-refractivity contribution in [3.05, 3.63) is 23.0 Å². The van der Waals surface area contributed by atoms with Gasteiger partial charge in [0.15, 0.2) is 0 Å². The van der Waals surface area contributed by atoms with Crippen LogP contribution in [0.4, 0.5) is 0 Å². The van der Waals surface area contributed by atoms with Crippen LogP contribution >= 0.6 is 11.6 Å². The third-order valence-corrected chi connectivity index (χ3v) is 3.79. The van der Waals surface area contributed by atoms with Gasteiger partial charge in [0.2, 0.25) is 0 Å². The molecule has 0 unspecified atom stereocenters. The van der Waals surface area contributed by atoms with Crippen LogP contribution in [-0.2, 0) is 9.53 Å². The Hall–Kier alpha value is -1.13. The Labute approximate surface area is 105 Å². The summed E-state index contributed by atoms with van der Waals surface area (Å²) < 4.78 is 5.17. The number of carbonyl (C=O) groups is 1. The average molecular weight is 253 g/mol. The predicted octanol–water partition coefficient (Wildman–Crippen LogP) is 1.67. The van der Waals surface area contributed by atoms with Gasteiger partial charge in [-0.25, -0.2) is 4.99 Å². The zero-order chi connectivity index (χ0) is 12.2. The number of ether oxygens (including phenoxy) is 1. The van der Waals surface area contributed by atoms with Gasteiger partial charge >= 0.3 is 0 Å². The minimum Gasteiger partial charge on any atom is -0.377 e. The third kappa shape index (κ3) is 1.47. The minimum absolute atomic E-state index is 0.105. The fourth-order valence-corrected chi connectivity index (χ4v) is 2.42. The number of rotatable bonds is 1. The molecule has 0 saturated carbocycles. The number of halogens is 1. The molecule has 0 radical (unpaired) electrons. The molecule has 3 aliphatic heterocycles. The minimum atomic E-state index is -0.549. The van der Waals surface area contributed by atoms with E-state index in [1.54, 1.807) is 6.08 Å². The van der Waals surface area contributed by atoms with E-state index in [2.05, 4.69) is 4.99 Å². The lowest BCUT2D eigenvalue weighted by Gasteiger charge is -2.38. The molecule has 0 aliphatic carbocycles. The Balaban J connectivity index is 2.00. The van der Waals surface area contributed by atoms with Crippen molar-refractivity contribution in [1.29, 1.82) is 0 Å². The summed E-state index contributed by atoms with van der Waals surface area (Å²) in [6, 6.07) is 0.277. The van der Waals surface area contributed by atoms with Crippen LogP contribution in [0, 0.1) is 5.41 Å². The molecule has 1 amide bonds. The second-order valence-electron chi connectivity index (χ2n) is 5.04. The molecule has 3 aliphatic rings. The van der Waals surface area contributed by atoms with Crippen LogP contribution in [0.5, 0.6) is 0 Å². The van der Waals surface area contributed by atoms with Crippen LogP contribution in [0.2, 0.25) is 0 Å². The van der Waals surface area contributed by atoms with E-state index in [0.717, 1.165) is 5.57 Å². The van der Waals surface area contributed by atoms with Crippen LogP contribution in [0.25, 0.3) is 0 Å². The van der Waals surface area contributed by atoms with E-state index in [9.17, 15) is 4.79 Å². The highest BCUT2D eigenvalue weighted by atomic mass is 35.5. The van der Waals surface area contributed by atoms with Gasteiger partial charge in [0.05, 0.1) is 30.4 Å². The lowest BCUT2D eigenvalue weighted by Crippen LogP contribution is -2.46. The van der Waals surface area contributed by atoms with Crippen molar-refractivity contribution >= 4 is 23.2 Å². The largest absolute Gasteiger partial charge is 0.377 e. The van der Waals surface area contributed by atoms with Gasteiger partial charge in [-0.05, 0) is 19.9 Å². The Morgan fingerprint density at radius 3 is 2.82 bits per heavy atom. The molecule has 3 rings (SSSR count). The first-order valence-corrected chi connectivity index (χ1v) is 5.97. The fourth-order valence-electron chi connectivity index (χ4n) is 2.13. The van der Waals surface area contributed by atoms with Gasteiger partial charge in [-0.3, -0.25) is 4.79 Å². The summed E-state index contributed by atoms with van der Waals surface area (Å²) in [5.41, 5.74) is 1.09. The first kappa shape index (κ1) is 11.0. The van der Waals surface area contributed by atoms with Gasteiger partial charge in [-0.15, -0.1) is 0 Å². The van der Waals surface area contributed by atoms with Crippen LogP contribution in [-0.4, -0.2) is 35.8 Å². The van der Waals surface area contributed by atoms with E-state index in [-0.39, 0.29) is 11.9 Å². The number of hydrogen-bond donors (Lipinski definition) is 0. The van der Waals surface area contributed by atoms with Gasteiger partial charge in [0.25, 0.3) is 5.91 Å². The highest BCUT2D eigenvalue weighted by Gasteiger charge is 2.43. The van der Waals surface area contributed by atoms with Gasteiger partial charge in [0.1, 0.15) is 5.16 Å². The van der Waals surface area contributed by atoms with Gasteiger partial charge in [-0.2, -0.15) is 0 Å². The van der Waals surface area contributed by atoms with E-state index in [1.165, 1.54) is 0 Å². The number of carbonyl (C=O) groups excluding carboxylic acids is 1. The van der Waals surface area contributed by atoms with Crippen molar-refractivity contribution in [2.75, 3.05) is 13.2 Å². The third-order valence-electron chi connectivity index (χ3n) is 3.49. The summed E-state index contributed by atoms with van der Waals surface area (Å²) >= 11 is 6.19. The molecule has 1 saturated heterocycles. The summed E-state index contributed by atoms with van der Waals surface area (Å²) in [6.45, 7) is 5.13. The molecule has 0 spiro atoms. The molecule has 0 atom stereocenters. The molecule has 90 valence electrons. The number of aliphatic imine (C=N–C) groups is 1. The molecule has 5 heteroatoms. The van der Waals surface area contributed by atoms with E-state index >= 15 is 0 Å². The molecule has 1 fully saturated rings. The molecule has 0 aromatic carbocycles. The van der Waals surface area contributed by atoms with E-state index in [0.29, 0.717) is 24.1 Å². The van der Waals surface area contributed by atoms with Crippen molar-refractivity contribution in [1.82, 2.24) is 4.90 Å². The zero-order valence-electron chi connectivity index (χ0n) is 9.74. The van der Waals surface area contributed by atoms with Crippen LogP contribution < -0.4 is 0 Å². The summed E-state index contributed by atoms with van der Waals surface area (Å²) in [7, 11) is 0. The molecule has 0 bridgehead atoms. The molecule has 0 aromatic rings. The number of hydrogen-bond acceptors (Lipinski definition) is 3. The summed E-state index contributed by atoms with van der Waals surface area (Å²) in [4.78, 5) is 17.8. The molecule has 0 N–H and O–H groups in total. The Bertz CT molecular complexity index is 487. The van der Waals surface area contributed by atoms with Crippen molar-refractivity contribution < 1.29 is 9.53 Å². The molecule has 3 heterocycles. The molecule has 0 aromatic heterocycles. The Kier molecular flexibility index (Phi) is 2.22. The fraction of sp³-hybridized carbons (Fsp3) is 0.500. The maximum absolute atomic E-state index is 11.8. The Morgan fingerprint density at radius 2 is 2.24 bits per heavy atom. The highest BCUT2D eigenvalue weighted by Crippen LogP contribution is 2.39. The lowest BCUT2D eigenvalue weighted by atomic mass is 9.83. The topological polar surface area (TPSA) is 41.9 Å². The summed E-state index contributed by atoms with van der Waals surface area (Å²) in [5, 5.41) is 0.603. The summed E-state index contributed by atoms with van der Waals surface area (Å²) in [6.07, 6.45) is 3.71. The molecule has 4 nitrogen and oxygen atoms in total. The maximum atomic E-state index is 11.8. The van der Waals surface area contributed by atoms with E-state index in [1.807, 2.05) is 24.9 Å². The van der Waals surface area contributed by atoms with Crippen molar-refractivity contribution in [2.24, 2.45) is 10.4 Å². The monoisotopic (exact) mass is 252 g/mol. The van der Waals surface area contributed by atoms with Crippen molar-refractivity contribution in [2.45, 2.75) is 19.9 Å². The zero-order valence-corrected chi connectivity index (χ0v) is 10.5. The van der Waals surface area contributed by atoms with Crippen molar-refractivity contribution in [3.8, 4) is 0 Å². The first-order chi connectivity index (χ1) is 8.00. The predicted molar refractivity (Wildman–Crippen MR) is 64.7 cm³/mol. The quantitative estimate of drug-likeness (QED) is 0.667. The maximum Gasteiger partial charge on any atom is 0.256 e. The lowest BCUT2D eigenvalue weighted by molar-refractivity contribution is -0.123. The van der Waals surface area contributed by atoms with Gasteiger partial charge in [0, 0.05) is 11.8 Å². The van der Waals surface area contributed by atoms with Crippen LogP contribution in [0.15, 0.2) is 28.0 Å². The van der Waals surface area contributed by atoms with Gasteiger partial charge < -0.3 is 9.64 Å². The van der Waals surface area contributed by atoms with Crippen molar-refractivity contribution in [3.63, 3.8) is 0 Å². The van der Waals surface area contributed by atoms with Crippen LogP contribution in [0.3, 0.4) is 0 Å². The SMILES string of the molecule is CC1(C)C(=O)N=C2C=C(Cl)N(C3COC3)C=C21. The van der Waals surface area contributed by atoms with E-state index < -0.39 is 5.41 Å². The highest BCUT2D eigenvalue weighted by molar-refractivity contribution is 6.34. The number of amides is 1. The van der Waals surface area contributed by atoms with E-state index in [4.69, 9.17) is 16.3 Å². The molecular formula is C12H13ClN2O2. The summed E-state index contributed by atoms with van der Waals surface area (Å²) in [5.74, 6) is -0.105. The number of fused-ring (bicyclic) bond motifs is 1. The van der Waals surface area contributed by atoms with Gasteiger partial charge in [-0.1, -0.05) is 11.6 Å². The molecule has 17 heavy (non-hydrogen) atoms. The Morgan fingerprint density at radius 1 is 1.53 bits per heavy atom. The average Bonchev–Trinajstić information content (AvgIpc) is 2.37. The normalized spacial score (nSPS) is 27.1. The first-order valence-electron chi connectivity index (χ1n) is 5.59.